The summed E-state index contributed by atoms with van der Waals surface area (Å²) in [6.07, 6.45) is 8.76. The van der Waals surface area contributed by atoms with Crippen LogP contribution in [0.1, 0.15) is 124 Å². The number of thioether (sulfide) groups is 6. The van der Waals surface area contributed by atoms with Gasteiger partial charge in [-0.1, -0.05) is 105 Å². The molecule has 12 heterocycles. The molecule has 0 bridgehead atoms. The normalized spacial score (nSPS) is 10.3. The highest BCUT2D eigenvalue weighted by Crippen LogP contribution is 2.30. The Morgan fingerprint density at radius 2 is 0.784 bits per heavy atom. The number of hydrogen-bond donors (Lipinski definition) is 6. The number of thiazole rings is 1. The lowest BCUT2D eigenvalue weighted by atomic mass is 10.3. The minimum Gasteiger partial charge on any atom is -0.335 e. The van der Waals surface area contributed by atoms with Crippen molar-refractivity contribution >= 4 is 179 Å². The van der Waals surface area contributed by atoms with Gasteiger partial charge >= 0.3 is 0 Å². The number of pyridine rings is 1. The molecule has 0 aliphatic carbocycles. The van der Waals surface area contributed by atoms with Crippen molar-refractivity contribution in [3.05, 3.63) is 247 Å². The summed E-state index contributed by atoms with van der Waals surface area (Å²) >= 11 is 28.5. The lowest BCUT2D eigenvalue weighted by Gasteiger charge is -2.12. The lowest BCUT2D eigenvalue weighted by Crippen LogP contribution is -2.09. The first-order chi connectivity index (χ1) is 50.4. The largest absolute Gasteiger partial charge is 0.335 e. The summed E-state index contributed by atoms with van der Waals surface area (Å²) in [6.45, 7) is 29.1. The van der Waals surface area contributed by atoms with E-state index in [9.17, 15) is 28.8 Å². The number of aryl methyl sites for hydroxylation is 12. The second-order valence-corrected chi connectivity index (χ2v) is 31.1. The van der Waals surface area contributed by atoms with Gasteiger partial charge in [0.1, 0.15) is 10.3 Å². The smallest absolute Gasteiger partial charge is 0.251 e. The van der Waals surface area contributed by atoms with E-state index in [0.29, 0.717) is 81.0 Å². The van der Waals surface area contributed by atoms with Crippen LogP contribution in [0.5, 0.6) is 0 Å². The third kappa shape index (κ3) is 33.0. The van der Waals surface area contributed by atoms with Gasteiger partial charge in [0.15, 0.2) is 30.9 Å². The van der Waals surface area contributed by atoms with Crippen LogP contribution in [0.4, 0.5) is 0 Å². The molecule has 0 saturated heterocycles. The number of nitrogens with zero attached hydrogens (tertiary/aromatic N) is 16. The van der Waals surface area contributed by atoms with Crippen LogP contribution in [0.15, 0.2) is 139 Å². The molecule has 0 aliphatic rings. The van der Waals surface area contributed by atoms with Crippen molar-refractivity contribution in [2.24, 2.45) is 7.05 Å². The first-order valence-corrected chi connectivity index (χ1v) is 40.5. The molecule has 602 valence electrons. The SMILES string of the molecule is CCn1cnc(C)c1CSc1nc(C)cc(=O)[nH]1.CCn1cnc(CSc2nc(C)cc(=O)[nH]2)c1C.Cc1cc(=O)[nH]c(SCc2c(C)ncn2C(C)C)n1.Cc1cc(=O)[nH]c(SCc2c(Cl)ccnc2Cl)n1.Cc1cc(=O)[nH]c(SCc2ncn(C)c2Cl)n1.Cc1cc(=O)[nH]c(SCc2scnc2C)n1.Cl.Cl.Cl.Cl.Cl. The second-order valence-electron chi connectivity index (χ2n) is 23.3. The minimum absolute atomic E-state index is 0. The molecule has 0 fully saturated rings. The fourth-order valence-corrected chi connectivity index (χ4v) is 16.7. The van der Waals surface area contributed by atoms with Gasteiger partial charge in [-0.2, -0.15) is 0 Å². The van der Waals surface area contributed by atoms with E-state index in [2.05, 4.69) is 138 Å². The van der Waals surface area contributed by atoms with Crippen LogP contribution >= 0.6 is 179 Å². The third-order valence-corrected chi connectivity index (χ3v) is 22.2. The second kappa shape index (κ2) is 49.8. The fourth-order valence-electron chi connectivity index (χ4n) is 9.16. The number of hydrogen-bond acceptors (Lipinski definition) is 25. The molecule has 111 heavy (non-hydrogen) atoms. The van der Waals surface area contributed by atoms with Crippen LogP contribution in [0.3, 0.4) is 0 Å². The van der Waals surface area contributed by atoms with E-state index in [4.69, 9.17) is 34.8 Å². The number of H-pyrrole nitrogens is 6. The van der Waals surface area contributed by atoms with Crippen LogP contribution in [0.2, 0.25) is 15.3 Å². The van der Waals surface area contributed by atoms with Gasteiger partial charge in [-0.15, -0.1) is 73.4 Å². The molecule has 6 N–H and O–H groups in total. The number of halogens is 8. The van der Waals surface area contributed by atoms with Crippen molar-refractivity contribution in [2.75, 3.05) is 0 Å². The Bertz CT molecular complexity index is 5270. The quantitative estimate of drug-likeness (QED) is 0.0221. The van der Waals surface area contributed by atoms with Gasteiger partial charge in [-0.3, -0.25) is 28.8 Å². The summed E-state index contributed by atoms with van der Waals surface area (Å²) in [7, 11) is 1.83. The van der Waals surface area contributed by atoms with E-state index in [1.54, 1.807) is 48.3 Å². The summed E-state index contributed by atoms with van der Waals surface area (Å²) in [5, 5.41) is 5.26. The van der Waals surface area contributed by atoms with Crippen LogP contribution in [-0.4, -0.2) is 108 Å². The zero-order valence-corrected chi connectivity index (χ0v) is 74.9. The van der Waals surface area contributed by atoms with Gasteiger partial charge in [-0.25, -0.2) is 59.8 Å². The minimum atomic E-state index is -0.173. The Morgan fingerprint density at radius 3 is 1.14 bits per heavy atom. The van der Waals surface area contributed by atoms with Crippen LogP contribution < -0.4 is 33.4 Å². The van der Waals surface area contributed by atoms with Gasteiger partial charge in [0.25, 0.3) is 33.4 Å². The van der Waals surface area contributed by atoms with Gasteiger partial charge in [0.2, 0.25) is 0 Å². The monoisotopic (exact) mass is 1810 g/mol. The number of aromatic nitrogens is 22. The molecule has 0 aliphatic heterocycles. The summed E-state index contributed by atoms with van der Waals surface area (Å²) in [5.74, 6) is 4.08. The maximum atomic E-state index is 11.4. The number of imidazole rings is 4. The maximum Gasteiger partial charge on any atom is 0.251 e. The molecule has 0 atom stereocenters. The predicted molar refractivity (Wildman–Crippen MR) is 463 cm³/mol. The highest BCUT2D eigenvalue weighted by molar-refractivity contribution is 7.99. The number of aromatic amines is 6. The zero-order valence-electron chi connectivity index (χ0n) is 62.9. The van der Waals surface area contributed by atoms with Crippen molar-refractivity contribution in [2.45, 2.75) is 182 Å². The van der Waals surface area contributed by atoms with E-state index in [-0.39, 0.29) is 95.4 Å². The molecule has 0 unspecified atom stereocenters. The summed E-state index contributed by atoms with van der Waals surface area (Å²) in [4.78, 5) is 136. The molecule has 0 aromatic carbocycles. The summed E-state index contributed by atoms with van der Waals surface area (Å²) in [6, 6.07) is 10.9. The molecular weight excluding hydrogens is 1730 g/mol. The highest BCUT2D eigenvalue weighted by Gasteiger charge is 2.15. The van der Waals surface area contributed by atoms with Gasteiger partial charge in [0, 0.05) is 159 Å². The van der Waals surface area contributed by atoms with Crippen LogP contribution in [0, 0.1) is 69.2 Å². The molecular formula is C68H86Cl8N22O6S7. The predicted octanol–water partition coefficient (Wildman–Crippen LogP) is 15.3. The van der Waals surface area contributed by atoms with Crippen LogP contribution in [-0.2, 0) is 54.7 Å². The van der Waals surface area contributed by atoms with E-state index >= 15 is 0 Å². The lowest BCUT2D eigenvalue weighted by molar-refractivity contribution is 0.583. The number of rotatable bonds is 21. The Balaban J connectivity index is 0.000000448. The van der Waals surface area contributed by atoms with E-state index < -0.39 is 0 Å². The average Bonchev–Trinajstić information content (AvgIpc) is 1.80. The van der Waals surface area contributed by atoms with E-state index in [0.717, 1.165) is 87.2 Å². The Kier molecular flexibility index (Phi) is 45.1. The molecule has 12 rings (SSSR count). The maximum absolute atomic E-state index is 11.4. The first-order valence-electron chi connectivity index (χ1n) is 32.6. The van der Waals surface area contributed by atoms with Crippen molar-refractivity contribution < 1.29 is 0 Å². The van der Waals surface area contributed by atoms with Crippen molar-refractivity contribution in [1.29, 1.82) is 0 Å². The number of nitrogens with one attached hydrogen (secondary N) is 6. The summed E-state index contributed by atoms with van der Waals surface area (Å²) < 4.78 is 8.10. The molecule has 43 heteroatoms. The first kappa shape index (κ1) is 100. The molecule has 0 saturated carbocycles. The molecule has 0 radical (unpaired) electrons. The van der Waals surface area contributed by atoms with Gasteiger partial charge in [0.05, 0.1) is 70.7 Å². The molecule has 0 amide bonds. The Morgan fingerprint density at radius 1 is 0.423 bits per heavy atom. The van der Waals surface area contributed by atoms with Gasteiger partial charge < -0.3 is 48.2 Å². The Hall–Kier alpha value is -6.68. The highest BCUT2D eigenvalue weighted by atomic mass is 35.5. The standard InChI is InChI=1S/C13H18N4OS.2C12H16N4OS.C11H9Cl2N3OS.C10H11ClN4OS.C10H11N3OS2.5ClH/c1-8(2)17-7-14-10(4)11(17)6-19-13-15-9(3)5-12(18)16-13;1-4-16-7-13-10(9(16)3)6-18-12-14-8(2)5-11(17)15-12;1-4-16-7-13-9(3)10(16)6-18-12-14-8(2)5-11(17)15-12;1-6-4-9(17)16-11(15-6)18-5-7-8(12)2-3-14-10(7)13;1-6-3-8(16)14-10(13-6)17-4-7-9(11)15(2)5-12-7;1-6-3-9(14)13-10(12-6)15-4-8-7(2)11-5-16-8;;;;;/h5,7-8H,6H2,1-4H3,(H,15,16,18);2*5,7H,4,6H2,1-3H3,(H,14,15,17);2-4H,5H2,1H3,(H,15,16,17);3,5H,4H2,1-2H3,(H,13,14,16);3,5H,4H2,1-2H3,(H,12,13,14);5*1H. The fraction of sp³-hybridized carbons (Fsp3) is 0.353. The molecule has 12 aromatic rings. The van der Waals surface area contributed by atoms with E-state index in [1.807, 2.05) is 80.0 Å². The van der Waals surface area contributed by atoms with Gasteiger partial charge in [-0.05, 0) is 103 Å². The van der Waals surface area contributed by atoms with Crippen molar-refractivity contribution in [3.8, 4) is 0 Å². The average molecular weight is 1820 g/mol. The molecule has 28 nitrogen and oxygen atoms in total. The Labute approximate surface area is 716 Å². The van der Waals surface area contributed by atoms with E-state index in [1.165, 1.54) is 129 Å². The third-order valence-electron chi connectivity index (χ3n) is 14.6. The molecule has 0 spiro atoms. The zero-order chi connectivity index (χ0) is 77.3. The molecule has 12 aromatic heterocycles. The van der Waals surface area contributed by atoms with Crippen molar-refractivity contribution in [1.82, 2.24) is 108 Å². The van der Waals surface area contributed by atoms with Crippen molar-refractivity contribution in [3.63, 3.8) is 0 Å². The topological polar surface area (TPSA) is 372 Å². The van der Waals surface area contributed by atoms with Crippen LogP contribution in [0.25, 0.3) is 0 Å². The summed E-state index contributed by atoms with van der Waals surface area (Å²) in [5.41, 5.74) is 14.6.